The molecule has 2 amide bonds. The highest BCUT2D eigenvalue weighted by molar-refractivity contribution is 7.46. The number of anilines is 1. The highest BCUT2D eigenvalue weighted by Gasteiger charge is 2.47. The number of phosphoric acid groups is 1. The Morgan fingerprint density at radius 3 is 2.48 bits per heavy atom. The predicted molar refractivity (Wildman–Crippen MR) is 176 cm³/mol. The number of amides is 2. The van der Waals surface area contributed by atoms with Gasteiger partial charge in [0.05, 0.1) is 38.9 Å². The average molecular weight is 766 g/mol. The van der Waals surface area contributed by atoms with E-state index in [9.17, 15) is 29.5 Å². The monoisotopic (exact) mass is 765 g/mol. The number of hydrogen-bond acceptors (Lipinski definition) is 17. The van der Waals surface area contributed by atoms with Gasteiger partial charge in [0.2, 0.25) is 11.8 Å². The fraction of sp³-hybridized carbons (Fsp3) is 0.759. The number of ether oxygens (including phenoxy) is 6. The number of phosphoric ester groups is 1. The number of hydrogen-bond donors (Lipinski definition) is 8. The molecule has 0 aromatic carbocycles. The van der Waals surface area contributed by atoms with Crippen molar-refractivity contribution in [2.75, 3.05) is 52.1 Å². The van der Waals surface area contributed by atoms with Crippen molar-refractivity contribution >= 4 is 36.6 Å². The highest BCUT2D eigenvalue weighted by Crippen LogP contribution is 2.39. The van der Waals surface area contributed by atoms with Crippen molar-refractivity contribution in [3.8, 4) is 0 Å². The first-order valence-electron chi connectivity index (χ1n) is 16.7. The van der Waals surface area contributed by atoms with Gasteiger partial charge in [-0.1, -0.05) is 6.92 Å². The van der Waals surface area contributed by atoms with Crippen molar-refractivity contribution in [2.45, 2.75) is 94.7 Å². The molecule has 4 heterocycles. The molecule has 2 aliphatic rings. The maximum Gasteiger partial charge on any atom is 0.469 e. The normalized spacial score (nSPS) is 27.9. The second kappa shape index (κ2) is 19.9. The molecule has 9 N–H and O–H groups in total. The van der Waals surface area contributed by atoms with Crippen LogP contribution in [0.1, 0.15) is 45.8 Å². The van der Waals surface area contributed by atoms with Gasteiger partial charge in [-0.3, -0.25) is 18.7 Å². The van der Waals surface area contributed by atoms with E-state index >= 15 is 0 Å². The Bertz CT molecular complexity index is 1480. The summed E-state index contributed by atoms with van der Waals surface area (Å²) >= 11 is 0. The standard InChI is InChI=1S/C29H48N7O15P/c1-3-17-22(39)24(41)20(35-16(2)37)29(51-17)47-8-5-4-6-19(38)31-7-9-45-10-11-46-15-48-25-23(40)18(12-49-52(42,43)44)50-28(25)36-14-34-21-26(30)32-13-33-27(21)36/h13-14,17-18,20,22-25,28-29,39-41H,3-12,15H2,1-2H3,(H,31,38)(H,35,37)(H2,30,32,33)(H2,42,43,44)/t17-,18-,20-,22+,23-,24-,25-,28-,29-/m1/s1. The summed E-state index contributed by atoms with van der Waals surface area (Å²) in [5.74, 6) is -0.463. The Kier molecular flexibility index (Phi) is 16.0. The molecule has 0 bridgehead atoms. The molecular weight excluding hydrogens is 717 g/mol. The quantitative estimate of drug-likeness (QED) is 0.0380. The number of rotatable bonds is 21. The summed E-state index contributed by atoms with van der Waals surface area (Å²) in [6.07, 6.45) is -4.38. The zero-order chi connectivity index (χ0) is 37.8. The number of imidazole rings is 1. The van der Waals surface area contributed by atoms with Crippen LogP contribution in [0.5, 0.6) is 0 Å². The highest BCUT2D eigenvalue weighted by atomic mass is 31.2. The van der Waals surface area contributed by atoms with E-state index in [0.717, 1.165) is 0 Å². The smallest absolute Gasteiger partial charge is 0.388 e. The Hall–Kier alpha value is -2.96. The van der Waals surface area contributed by atoms with Crippen molar-refractivity contribution < 1.29 is 72.2 Å². The number of nitrogens with zero attached hydrogens (tertiary/aromatic N) is 4. The molecule has 9 atom stereocenters. The number of carbonyl (C=O) groups is 2. The number of aliphatic hydroxyl groups excluding tert-OH is 3. The van der Waals surface area contributed by atoms with Crippen LogP contribution in [0, 0.1) is 0 Å². The van der Waals surface area contributed by atoms with Crippen LogP contribution < -0.4 is 16.4 Å². The van der Waals surface area contributed by atoms with Crippen LogP contribution >= 0.6 is 7.82 Å². The molecule has 294 valence electrons. The van der Waals surface area contributed by atoms with Crippen molar-refractivity contribution in [1.82, 2.24) is 30.2 Å². The van der Waals surface area contributed by atoms with Crippen LogP contribution in [0.25, 0.3) is 11.2 Å². The molecular formula is C29H48N7O15P. The van der Waals surface area contributed by atoms with Gasteiger partial charge in [-0.15, -0.1) is 0 Å². The Morgan fingerprint density at radius 1 is 0.981 bits per heavy atom. The summed E-state index contributed by atoms with van der Waals surface area (Å²) in [5.41, 5.74) is 6.43. The lowest BCUT2D eigenvalue weighted by atomic mass is 9.95. The Labute approximate surface area is 298 Å². The maximum atomic E-state index is 12.2. The van der Waals surface area contributed by atoms with Crippen molar-refractivity contribution in [3.63, 3.8) is 0 Å². The molecule has 0 saturated carbocycles. The van der Waals surface area contributed by atoms with Gasteiger partial charge in [-0.25, -0.2) is 19.5 Å². The van der Waals surface area contributed by atoms with Crippen LogP contribution in [0.4, 0.5) is 5.82 Å². The molecule has 0 aliphatic carbocycles. The third-order valence-electron chi connectivity index (χ3n) is 8.22. The lowest BCUT2D eigenvalue weighted by Crippen LogP contribution is -2.63. The van der Waals surface area contributed by atoms with E-state index in [1.165, 1.54) is 24.1 Å². The molecule has 2 aromatic rings. The van der Waals surface area contributed by atoms with Crippen molar-refractivity contribution in [3.05, 3.63) is 12.7 Å². The Morgan fingerprint density at radius 2 is 1.75 bits per heavy atom. The van der Waals surface area contributed by atoms with E-state index in [-0.39, 0.29) is 69.1 Å². The fourth-order valence-corrected chi connectivity index (χ4v) is 5.97. The average Bonchev–Trinajstić information content (AvgIpc) is 3.66. The van der Waals surface area contributed by atoms with E-state index in [4.69, 9.17) is 43.9 Å². The molecule has 4 rings (SSSR count). The van der Waals surface area contributed by atoms with Crippen molar-refractivity contribution in [1.29, 1.82) is 0 Å². The minimum absolute atomic E-state index is 0.104. The molecule has 0 radical (unpaired) electrons. The topological polar surface area (TPSA) is 311 Å². The van der Waals surface area contributed by atoms with Gasteiger partial charge in [0.1, 0.15) is 55.2 Å². The Balaban J connectivity index is 1.09. The fourth-order valence-electron chi connectivity index (χ4n) is 5.63. The zero-order valence-electron chi connectivity index (χ0n) is 28.8. The molecule has 23 heteroatoms. The minimum Gasteiger partial charge on any atom is -0.388 e. The lowest BCUT2D eigenvalue weighted by Gasteiger charge is -2.42. The van der Waals surface area contributed by atoms with E-state index in [1.54, 1.807) is 6.92 Å². The van der Waals surface area contributed by atoms with Crippen LogP contribution in [0.3, 0.4) is 0 Å². The second-order valence-electron chi connectivity index (χ2n) is 12.0. The minimum atomic E-state index is -4.84. The number of carbonyl (C=O) groups excluding carboxylic acids is 2. The molecule has 2 saturated heterocycles. The number of unbranched alkanes of at least 4 members (excludes halogenated alkanes) is 1. The van der Waals surface area contributed by atoms with Gasteiger partial charge in [0, 0.05) is 26.5 Å². The predicted octanol–water partition coefficient (Wildman–Crippen LogP) is -2.18. The maximum absolute atomic E-state index is 12.2. The third-order valence-corrected chi connectivity index (χ3v) is 8.70. The van der Waals surface area contributed by atoms with E-state index in [2.05, 4.69) is 30.1 Å². The molecule has 52 heavy (non-hydrogen) atoms. The second-order valence-corrected chi connectivity index (χ2v) is 13.3. The van der Waals surface area contributed by atoms with Gasteiger partial charge in [-0.2, -0.15) is 0 Å². The van der Waals surface area contributed by atoms with Crippen LogP contribution in [-0.4, -0.2) is 152 Å². The number of aliphatic hydroxyl groups is 3. The van der Waals surface area contributed by atoms with Crippen LogP contribution in [-0.2, 0) is 47.1 Å². The number of aromatic nitrogens is 4. The third kappa shape index (κ3) is 11.8. The summed E-state index contributed by atoms with van der Waals surface area (Å²) in [7, 11) is -4.84. The van der Waals surface area contributed by atoms with E-state index in [0.29, 0.717) is 19.3 Å². The molecule has 0 unspecified atom stereocenters. The molecule has 22 nitrogen and oxygen atoms in total. The molecule has 2 aromatic heterocycles. The van der Waals surface area contributed by atoms with E-state index in [1.807, 2.05) is 0 Å². The summed E-state index contributed by atoms with van der Waals surface area (Å²) in [4.78, 5) is 54.2. The molecule has 2 fully saturated rings. The summed E-state index contributed by atoms with van der Waals surface area (Å²) in [6.45, 7) is 3.12. The number of nitrogens with one attached hydrogen (secondary N) is 2. The van der Waals surface area contributed by atoms with Crippen LogP contribution in [0.15, 0.2) is 12.7 Å². The van der Waals surface area contributed by atoms with Gasteiger partial charge >= 0.3 is 7.82 Å². The lowest BCUT2D eigenvalue weighted by molar-refractivity contribution is -0.265. The first-order valence-corrected chi connectivity index (χ1v) is 18.2. The first-order chi connectivity index (χ1) is 24.8. The molecule has 2 aliphatic heterocycles. The number of nitrogen functional groups attached to an aromatic ring is 1. The largest absolute Gasteiger partial charge is 0.469 e. The summed E-state index contributed by atoms with van der Waals surface area (Å²) < 4.78 is 51.2. The first kappa shape index (κ1) is 41.8. The van der Waals surface area contributed by atoms with Crippen molar-refractivity contribution in [2.24, 2.45) is 0 Å². The summed E-state index contributed by atoms with van der Waals surface area (Å²) in [6, 6.07) is -0.928. The van der Waals surface area contributed by atoms with Gasteiger partial charge < -0.3 is 69.9 Å². The summed E-state index contributed by atoms with van der Waals surface area (Å²) in [5, 5.41) is 36.8. The van der Waals surface area contributed by atoms with Gasteiger partial charge in [0.15, 0.2) is 24.0 Å². The zero-order valence-corrected chi connectivity index (χ0v) is 29.7. The van der Waals surface area contributed by atoms with Gasteiger partial charge in [-0.05, 0) is 19.3 Å². The van der Waals surface area contributed by atoms with Gasteiger partial charge in [0.25, 0.3) is 0 Å². The van der Waals surface area contributed by atoms with Crippen LogP contribution in [0.2, 0.25) is 0 Å². The number of nitrogens with two attached hydrogens (primary N) is 1. The number of fused-ring (bicyclic) bond motifs is 1. The SMILES string of the molecule is CC[C@H]1O[C@@H](OCCCCC(=O)NCCOCCOCO[C@@H]2[C@H](O)[C@@H](COP(=O)(O)O)O[C@H]2n2cnc3c(N)ncnc32)[C@H](NC(C)=O)[C@@H](O)[C@H]1O. The molecule has 0 spiro atoms. The van der Waals surface area contributed by atoms with E-state index < -0.39 is 75.5 Å².